The number of amides is 5. The van der Waals surface area contributed by atoms with E-state index >= 15 is 0 Å². The Morgan fingerprint density at radius 3 is 0.615 bits per heavy atom. The van der Waals surface area contributed by atoms with Crippen LogP contribution in [0.15, 0.2) is 23.8 Å². The second-order valence-electron chi connectivity index (χ2n) is 44.1. The largest absolute Gasteiger partial charge is 0.460 e. The van der Waals surface area contributed by atoms with E-state index in [0.29, 0.717) is 19.3 Å². The number of esters is 1. The SMILES string of the molecule is C.C.C.C.CC(C)(C)/C=C/C(=O)NC(C)(C)C.CC(C)(C)C(=O)CCCC(=O)C(C)(C)C.CC(C)(C)C(=O)COCC(=O)C(C)(C)C.CC(C)(C)NC(=O)COCC(=O)C(C)(C)C.CC(C)(C)NC(=O)COCC(=O)C(C)(C)C.CC(C)(C)NC(=O)COCC(=O)NC(C)(C)C.CC(C)(C)OC(=O)C(C)(C)C.CC(C)=CC(=O)C(C)(C)C. The number of rotatable bonds is 22. The van der Waals surface area contributed by atoms with E-state index in [-0.39, 0.29) is 214 Å². The molecule has 23 heteroatoms. The molecule has 0 saturated carbocycles. The maximum absolute atomic E-state index is 11.6. The zero-order chi connectivity index (χ0) is 92.6. The Labute approximate surface area is 718 Å². The third kappa shape index (κ3) is 102. The van der Waals surface area contributed by atoms with Crippen molar-refractivity contribution in [2.24, 2.45) is 48.7 Å². The first kappa shape index (κ1) is 137. The molecular weight excluding hydrogens is 1490 g/mol. The van der Waals surface area contributed by atoms with Crippen LogP contribution in [0.5, 0.6) is 0 Å². The summed E-state index contributed by atoms with van der Waals surface area (Å²) >= 11 is 0. The third-order valence-electron chi connectivity index (χ3n) is 13.2. The molecule has 0 saturated heterocycles. The van der Waals surface area contributed by atoms with Crippen molar-refractivity contribution in [1.29, 1.82) is 0 Å². The lowest BCUT2D eigenvalue weighted by atomic mass is 9.85. The van der Waals surface area contributed by atoms with Crippen molar-refractivity contribution in [3.05, 3.63) is 23.8 Å². The third-order valence-corrected chi connectivity index (χ3v) is 13.2. The minimum atomic E-state index is -0.416. The van der Waals surface area contributed by atoms with Crippen LogP contribution in [0.3, 0.4) is 0 Å². The molecule has 0 bridgehead atoms. The van der Waals surface area contributed by atoms with Crippen LogP contribution < -0.4 is 26.6 Å². The Balaban J connectivity index is -0.000000108. The molecule has 696 valence electrons. The quantitative estimate of drug-likeness (QED) is 0.0496. The Bertz CT molecular complexity index is 2800. The summed E-state index contributed by atoms with van der Waals surface area (Å²) in [5, 5.41) is 13.9. The first-order valence-electron chi connectivity index (χ1n) is 39.4. The normalized spacial score (nSPS) is 12.0. The monoisotopic (exact) mass is 1670 g/mol. The van der Waals surface area contributed by atoms with Crippen LogP contribution in [0.1, 0.15) is 374 Å². The van der Waals surface area contributed by atoms with Gasteiger partial charge in [0.05, 0.1) is 5.41 Å². The highest BCUT2D eigenvalue weighted by atomic mass is 16.6. The van der Waals surface area contributed by atoms with Crippen molar-refractivity contribution in [3.8, 4) is 0 Å². The second kappa shape index (κ2) is 57.9. The summed E-state index contributed by atoms with van der Waals surface area (Å²) in [6.45, 7) is 88.7. The van der Waals surface area contributed by atoms with Gasteiger partial charge in [-0.2, -0.15) is 0 Å². The van der Waals surface area contributed by atoms with E-state index in [9.17, 15) is 62.3 Å². The van der Waals surface area contributed by atoms with E-state index in [1.165, 1.54) is 0 Å². The Hall–Kier alpha value is -6.17. The van der Waals surface area contributed by atoms with Gasteiger partial charge in [0.25, 0.3) is 0 Å². The fraction of sp³-hybridized carbons (Fsp3) is 0.819. The number of nitrogens with one attached hydrogen (secondary N) is 5. The summed E-state index contributed by atoms with van der Waals surface area (Å²) in [7, 11) is 0. The molecular formula is C94H187N5O18. The van der Waals surface area contributed by atoms with Crippen molar-refractivity contribution in [1.82, 2.24) is 26.6 Å². The van der Waals surface area contributed by atoms with Gasteiger partial charge in [0, 0.05) is 78.4 Å². The highest BCUT2D eigenvalue weighted by Gasteiger charge is 2.30. The van der Waals surface area contributed by atoms with Crippen LogP contribution in [-0.2, 0) is 86.0 Å². The van der Waals surface area contributed by atoms with E-state index < -0.39 is 27.1 Å². The maximum atomic E-state index is 11.6. The Kier molecular flexibility index (Phi) is 67.8. The lowest BCUT2D eigenvalue weighted by Crippen LogP contribution is -2.44. The first-order valence-corrected chi connectivity index (χ1v) is 39.4. The molecule has 0 aliphatic heterocycles. The summed E-state index contributed by atoms with van der Waals surface area (Å²) in [6.07, 6.45) is 6.93. The minimum Gasteiger partial charge on any atom is -0.460 e. The summed E-state index contributed by atoms with van der Waals surface area (Å²) in [6, 6.07) is 0. The number of hydrogen-bond donors (Lipinski definition) is 5. The van der Waals surface area contributed by atoms with Crippen LogP contribution in [0.25, 0.3) is 0 Å². The van der Waals surface area contributed by atoms with Gasteiger partial charge in [-0.3, -0.25) is 62.3 Å². The predicted molar refractivity (Wildman–Crippen MR) is 488 cm³/mol. The average molecular weight is 1680 g/mol. The molecule has 0 fully saturated rings. The predicted octanol–water partition coefficient (Wildman–Crippen LogP) is 19.5. The number of hydrogen-bond acceptors (Lipinski definition) is 18. The van der Waals surface area contributed by atoms with Gasteiger partial charge in [-0.15, -0.1) is 0 Å². The maximum Gasteiger partial charge on any atom is 0.311 e. The Morgan fingerprint density at radius 1 is 0.265 bits per heavy atom. The van der Waals surface area contributed by atoms with Gasteiger partial charge in [0.1, 0.15) is 70.0 Å². The molecule has 0 aliphatic carbocycles. The molecule has 5 amide bonds. The molecule has 0 aromatic heterocycles. The van der Waals surface area contributed by atoms with Crippen molar-refractivity contribution in [2.75, 3.05) is 52.9 Å². The van der Waals surface area contributed by atoms with Gasteiger partial charge < -0.3 is 50.3 Å². The van der Waals surface area contributed by atoms with Gasteiger partial charge in [-0.05, 0) is 183 Å². The molecule has 23 nitrogen and oxygen atoms in total. The summed E-state index contributed by atoms with van der Waals surface area (Å²) in [5.74, 6) is -0.306. The van der Waals surface area contributed by atoms with Crippen LogP contribution in [0, 0.1) is 48.7 Å². The average Bonchev–Trinajstić information content (AvgIpc) is 0.874. The summed E-state index contributed by atoms with van der Waals surface area (Å²) in [5.41, 5.74) is -3.29. The molecule has 5 N–H and O–H groups in total. The highest BCUT2D eigenvalue weighted by Crippen LogP contribution is 2.24. The van der Waals surface area contributed by atoms with E-state index in [1.807, 2.05) is 311 Å². The number of ether oxygens (including phenoxy) is 5. The standard InChI is InChI=1S/C13H24O2.C12H24N2O3.2C12H23NO3.C12H22O3.C11H21NO.C9H18O2.C9H16O.4CH4/c1-12(2,3)10(14)8-7-9-11(15)13(4,5)6;1-11(2,3)13-9(15)7-17-8-10(16)14-12(4,5)6;2*1-11(2,3)9(14)7-16-8-10(15)13-12(4,5)6;1-11(2,3)9(13)7-15-8-10(14)12(4,5)6;1-10(2,3)8-7-9(13)12-11(4,5)6;1-8(2,3)7(10)11-9(4,5)6;1-7(2)6-8(10)9(3,4)5;;;;/h7-9H2,1-6H3;7-8H2,1-6H3,(H,13,15)(H,14,16);2*7-8H2,1-6H3,(H,13,15);7-8H2,1-6H3;7-8H,1-6H3,(H,12,13);1-6H3;6H,1-5H3;4*1H4/b;;;;;8-7+;;;;;;. The van der Waals surface area contributed by atoms with Crippen LogP contribution in [0.2, 0.25) is 0 Å². The van der Waals surface area contributed by atoms with Crippen molar-refractivity contribution in [3.63, 3.8) is 0 Å². The van der Waals surface area contributed by atoms with Gasteiger partial charge >= 0.3 is 5.97 Å². The van der Waals surface area contributed by atoms with Crippen molar-refractivity contribution >= 4 is 76.0 Å². The van der Waals surface area contributed by atoms with Crippen LogP contribution >= 0.6 is 0 Å². The molecule has 117 heavy (non-hydrogen) atoms. The molecule has 0 unspecified atom stereocenters. The van der Waals surface area contributed by atoms with Gasteiger partial charge in [0.15, 0.2) is 28.9 Å². The number of ketones is 7. The molecule has 0 radical (unpaired) electrons. The zero-order valence-electron chi connectivity index (χ0n) is 80.9. The first-order chi connectivity index (χ1) is 49.2. The lowest BCUT2D eigenvalue weighted by Gasteiger charge is -2.25. The van der Waals surface area contributed by atoms with Crippen molar-refractivity contribution in [2.45, 2.75) is 408 Å². The number of carbonyl (C=O) groups excluding carboxylic acids is 13. The number of Topliss-reactive ketones (excluding diaryl/α,β-unsaturated/α-hetero) is 6. The van der Waals surface area contributed by atoms with Gasteiger partial charge in [-0.25, -0.2) is 0 Å². The highest BCUT2D eigenvalue weighted by molar-refractivity contribution is 5.94. The van der Waals surface area contributed by atoms with E-state index in [0.717, 1.165) is 5.57 Å². The van der Waals surface area contributed by atoms with Crippen molar-refractivity contribution < 1.29 is 86.0 Å². The number of allylic oxidation sites excluding steroid dienone is 3. The minimum absolute atomic E-state index is 0. The second-order valence-corrected chi connectivity index (χ2v) is 44.1. The lowest BCUT2D eigenvalue weighted by molar-refractivity contribution is -0.164. The topological polar surface area (TPSA) is 328 Å². The molecule has 0 aromatic rings. The van der Waals surface area contributed by atoms with E-state index in [1.54, 1.807) is 12.2 Å². The molecule has 0 heterocycles. The van der Waals surface area contributed by atoms with E-state index in [4.69, 9.17) is 23.7 Å². The molecule has 0 spiro atoms. The van der Waals surface area contributed by atoms with Crippen LogP contribution in [0.4, 0.5) is 0 Å². The summed E-state index contributed by atoms with van der Waals surface area (Å²) in [4.78, 5) is 148. The van der Waals surface area contributed by atoms with Gasteiger partial charge in [-0.1, -0.05) is 208 Å². The zero-order valence-corrected chi connectivity index (χ0v) is 80.9. The molecule has 0 aliphatic rings. The molecule has 0 rings (SSSR count). The fourth-order valence-corrected chi connectivity index (χ4v) is 6.44. The number of carbonyl (C=O) groups is 13. The van der Waals surface area contributed by atoms with E-state index in [2.05, 4.69) is 47.4 Å². The van der Waals surface area contributed by atoms with Gasteiger partial charge in [0.2, 0.25) is 29.5 Å². The smallest absolute Gasteiger partial charge is 0.311 e. The van der Waals surface area contributed by atoms with Crippen LogP contribution in [-0.4, -0.2) is 162 Å². The molecule has 0 atom stereocenters. The Morgan fingerprint density at radius 2 is 0.470 bits per heavy atom. The molecule has 0 aromatic carbocycles. The summed E-state index contributed by atoms with van der Waals surface area (Å²) < 4.78 is 25.4. The fourth-order valence-electron chi connectivity index (χ4n) is 6.44.